The number of nitrogens with two attached hydrogens (primary N) is 1. The third-order valence-corrected chi connectivity index (χ3v) is 2.41. The summed E-state index contributed by atoms with van der Waals surface area (Å²) < 4.78 is 0. The Bertz CT molecular complexity index is 493. The van der Waals surface area contributed by atoms with Crippen LogP contribution >= 0.6 is 0 Å². The van der Waals surface area contributed by atoms with Crippen LogP contribution in [-0.4, -0.2) is 16.1 Å². The van der Waals surface area contributed by atoms with Crippen LogP contribution in [0.4, 0.5) is 0 Å². The van der Waals surface area contributed by atoms with Crippen LogP contribution in [0.2, 0.25) is 0 Å². The van der Waals surface area contributed by atoms with Gasteiger partial charge in [0.2, 0.25) is 5.91 Å². The molecular formula is C12H14N4O. The standard InChI is InChI=1S/C12H14N4O/c13-12(17)10-3-1-2-9(6-10)7-14-8-11-4-5-15-16-11/h1-6,14H,7-8H2,(H2,13,17)(H,15,16). The van der Waals surface area contributed by atoms with Crippen molar-refractivity contribution in [3.8, 4) is 0 Å². The predicted octanol–water partition coefficient (Wildman–Crippen LogP) is 0.798. The van der Waals surface area contributed by atoms with Gasteiger partial charge in [0, 0.05) is 30.5 Å². The van der Waals surface area contributed by atoms with Crippen molar-refractivity contribution in [2.75, 3.05) is 0 Å². The summed E-state index contributed by atoms with van der Waals surface area (Å²) in [5.41, 5.74) is 7.80. The average molecular weight is 230 g/mol. The Labute approximate surface area is 99.0 Å². The van der Waals surface area contributed by atoms with Gasteiger partial charge in [0.1, 0.15) is 0 Å². The fourth-order valence-corrected chi connectivity index (χ4v) is 1.56. The summed E-state index contributed by atoms with van der Waals surface area (Å²) in [4.78, 5) is 11.0. The summed E-state index contributed by atoms with van der Waals surface area (Å²) in [5.74, 6) is -0.402. The van der Waals surface area contributed by atoms with Crippen LogP contribution in [0.15, 0.2) is 36.5 Å². The lowest BCUT2D eigenvalue weighted by Crippen LogP contribution is -2.15. The van der Waals surface area contributed by atoms with Crippen molar-refractivity contribution in [3.05, 3.63) is 53.3 Å². The molecule has 0 bridgehead atoms. The number of carbonyl (C=O) groups is 1. The average Bonchev–Trinajstić information content (AvgIpc) is 2.82. The lowest BCUT2D eigenvalue weighted by atomic mass is 10.1. The van der Waals surface area contributed by atoms with E-state index in [0.29, 0.717) is 18.7 Å². The van der Waals surface area contributed by atoms with Gasteiger partial charge in [-0.05, 0) is 23.8 Å². The van der Waals surface area contributed by atoms with Gasteiger partial charge in [-0.25, -0.2) is 0 Å². The molecule has 4 N–H and O–H groups in total. The monoisotopic (exact) mass is 230 g/mol. The number of primary amides is 1. The minimum absolute atomic E-state index is 0.402. The molecule has 17 heavy (non-hydrogen) atoms. The lowest BCUT2D eigenvalue weighted by Gasteiger charge is -2.04. The fourth-order valence-electron chi connectivity index (χ4n) is 1.56. The van der Waals surface area contributed by atoms with Crippen LogP contribution in [0, 0.1) is 0 Å². The van der Waals surface area contributed by atoms with Crippen LogP contribution in [0.3, 0.4) is 0 Å². The third kappa shape index (κ3) is 3.15. The van der Waals surface area contributed by atoms with E-state index < -0.39 is 5.91 Å². The Hall–Kier alpha value is -2.14. The smallest absolute Gasteiger partial charge is 0.248 e. The Kier molecular flexibility index (Phi) is 3.52. The second-order valence-electron chi connectivity index (χ2n) is 3.75. The van der Waals surface area contributed by atoms with E-state index in [1.165, 1.54) is 0 Å². The maximum absolute atomic E-state index is 11.0. The quantitative estimate of drug-likeness (QED) is 0.710. The largest absolute Gasteiger partial charge is 0.366 e. The highest BCUT2D eigenvalue weighted by Crippen LogP contribution is 2.04. The minimum atomic E-state index is -0.402. The third-order valence-electron chi connectivity index (χ3n) is 2.41. The van der Waals surface area contributed by atoms with Gasteiger partial charge in [-0.2, -0.15) is 5.10 Å². The number of H-pyrrole nitrogens is 1. The SMILES string of the molecule is NC(=O)c1cccc(CNCc2ccn[nH]2)c1. The number of nitrogens with zero attached hydrogens (tertiary/aromatic N) is 1. The Morgan fingerprint density at radius 1 is 1.35 bits per heavy atom. The molecule has 0 radical (unpaired) electrons. The van der Waals surface area contributed by atoms with Crippen molar-refractivity contribution >= 4 is 5.91 Å². The van der Waals surface area contributed by atoms with Crippen LogP contribution in [0.1, 0.15) is 21.6 Å². The molecule has 0 atom stereocenters. The minimum Gasteiger partial charge on any atom is -0.366 e. The van der Waals surface area contributed by atoms with Crippen molar-refractivity contribution in [1.29, 1.82) is 0 Å². The predicted molar refractivity (Wildman–Crippen MR) is 64.1 cm³/mol. The molecule has 0 aliphatic carbocycles. The van der Waals surface area contributed by atoms with E-state index in [1.54, 1.807) is 18.3 Å². The van der Waals surface area contributed by atoms with E-state index in [9.17, 15) is 4.79 Å². The summed E-state index contributed by atoms with van der Waals surface area (Å²) in [6.45, 7) is 1.39. The fraction of sp³-hybridized carbons (Fsp3) is 0.167. The van der Waals surface area contributed by atoms with Crippen molar-refractivity contribution in [1.82, 2.24) is 15.5 Å². The Balaban J connectivity index is 1.90. The number of hydrogen-bond acceptors (Lipinski definition) is 3. The molecule has 2 aromatic rings. The molecule has 0 unspecified atom stereocenters. The number of aromatic nitrogens is 2. The van der Waals surface area contributed by atoms with Crippen molar-refractivity contribution < 1.29 is 4.79 Å². The van der Waals surface area contributed by atoms with Gasteiger partial charge >= 0.3 is 0 Å². The number of nitrogens with one attached hydrogen (secondary N) is 2. The first-order valence-electron chi connectivity index (χ1n) is 5.33. The highest BCUT2D eigenvalue weighted by Gasteiger charge is 2.01. The van der Waals surface area contributed by atoms with Gasteiger partial charge in [-0.15, -0.1) is 0 Å². The summed E-state index contributed by atoms with van der Waals surface area (Å²) in [6.07, 6.45) is 1.71. The van der Waals surface area contributed by atoms with Crippen molar-refractivity contribution in [3.63, 3.8) is 0 Å². The van der Waals surface area contributed by atoms with E-state index in [-0.39, 0.29) is 0 Å². The van der Waals surface area contributed by atoms with Crippen molar-refractivity contribution in [2.24, 2.45) is 5.73 Å². The maximum Gasteiger partial charge on any atom is 0.248 e. The van der Waals surface area contributed by atoms with Crippen LogP contribution < -0.4 is 11.1 Å². The maximum atomic E-state index is 11.0. The number of hydrogen-bond donors (Lipinski definition) is 3. The molecule has 5 heteroatoms. The van der Waals surface area contributed by atoms with E-state index in [0.717, 1.165) is 11.3 Å². The van der Waals surface area contributed by atoms with E-state index in [4.69, 9.17) is 5.73 Å². The van der Waals surface area contributed by atoms with Gasteiger partial charge in [0.25, 0.3) is 0 Å². The molecule has 1 aromatic carbocycles. The number of amides is 1. The molecule has 1 heterocycles. The molecule has 2 rings (SSSR count). The molecule has 1 aromatic heterocycles. The molecule has 0 aliphatic heterocycles. The van der Waals surface area contributed by atoms with Gasteiger partial charge in [-0.1, -0.05) is 12.1 Å². The summed E-state index contributed by atoms with van der Waals surface area (Å²) in [5, 5.41) is 9.97. The highest BCUT2D eigenvalue weighted by molar-refractivity contribution is 5.92. The van der Waals surface area contributed by atoms with Gasteiger partial charge in [-0.3, -0.25) is 9.89 Å². The first-order chi connectivity index (χ1) is 8.25. The molecule has 0 aliphatic rings. The van der Waals surface area contributed by atoms with Gasteiger partial charge < -0.3 is 11.1 Å². The molecule has 0 saturated carbocycles. The summed E-state index contributed by atoms with van der Waals surface area (Å²) >= 11 is 0. The van der Waals surface area contributed by atoms with E-state index in [2.05, 4.69) is 15.5 Å². The lowest BCUT2D eigenvalue weighted by molar-refractivity contribution is 0.1000. The van der Waals surface area contributed by atoms with E-state index >= 15 is 0 Å². The van der Waals surface area contributed by atoms with Crippen molar-refractivity contribution in [2.45, 2.75) is 13.1 Å². The second kappa shape index (κ2) is 5.27. The van der Waals surface area contributed by atoms with Gasteiger partial charge in [0.05, 0.1) is 0 Å². The molecule has 0 fully saturated rings. The topological polar surface area (TPSA) is 83.8 Å². The number of benzene rings is 1. The molecule has 0 saturated heterocycles. The Morgan fingerprint density at radius 2 is 2.24 bits per heavy atom. The zero-order chi connectivity index (χ0) is 12.1. The second-order valence-corrected chi connectivity index (χ2v) is 3.75. The summed E-state index contributed by atoms with van der Waals surface area (Å²) in [6, 6.07) is 9.19. The Morgan fingerprint density at radius 3 is 2.94 bits per heavy atom. The first-order valence-corrected chi connectivity index (χ1v) is 5.33. The van der Waals surface area contributed by atoms with Crippen LogP contribution in [-0.2, 0) is 13.1 Å². The normalized spacial score (nSPS) is 10.4. The van der Waals surface area contributed by atoms with E-state index in [1.807, 2.05) is 18.2 Å². The molecule has 5 nitrogen and oxygen atoms in total. The molecule has 1 amide bonds. The van der Waals surface area contributed by atoms with Crippen LogP contribution in [0.5, 0.6) is 0 Å². The molecule has 0 spiro atoms. The number of carbonyl (C=O) groups excluding carboxylic acids is 1. The first kappa shape index (κ1) is 11.3. The zero-order valence-corrected chi connectivity index (χ0v) is 9.31. The number of aromatic amines is 1. The zero-order valence-electron chi connectivity index (χ0n) is 9.31. The number of rotatable bonds is 5. The molecule has 88 valence electrons. The summed E-state index contributed by atoms with van der Waals surface area (Å²) in [7, 11) is 0. The van der Waals surface area contributed by atoms with Gasteiger partial charge in [0.15, 0.2) is 0 Å². The van der Waals surface area contributed by atoms with Crippen LogP contribution in [0.25, 0.3) is 0 Å². The molecular weight excluding hydrogens is 216 g/mol. The highest BCUT2D eigenvalue weighted by atomic mass is 16.1.